The van der Waals surface area contributed by atoms with Gasteiger partial charge in [-0.1, -0.05) is 0 Å². The van der Waals surface area contributed by atoms with Crippen LogP contribution in [0.1, 0.15) is 11.3 Å². The number of hydrogen-bond acceptors (Lipinski definition) is 4. The van der Waals surface area contributed by atoms with Gasteiger partial charge in [0.25, 0.3) is 0 Å². The fraction of sp³-hybridized carbons (Fsp3) is 0.333. The number of imidazole rings is 1. The van der Waals surface area contributed by atoms with Gasteiger partial charge in [0, 0.05) is 37.6 Å². The van der Waals surface area contributed by atoms with E-state index in [1.807, 2.05) is 35.7 Å². The van der Waals surface area contributed by atoms with E-state index in [1.165, 1.54) is 5.56 Å². The molecule has 0 aliphatic rings. The molecule has 3 aromatic rings. The van der Waals surface area contributed by atoms with Crippen molar-refractivity contribution in [3.8, 4) is 0 Å². The molecule has 0 fully saturated rings. The van der Waals surface area contributed by atoms with E-state index >= 15 is 0 Å². The highest BCUT2D eigenvalue weighted by atomic mass is 32.1. The number of rotatable bonds is 5. The first-order chi connectivity index (χ1) is 8.81. The highest BCUT2D eigenvalue weighted by Gasteiger charge is 2.02. The molecule has 3 rings (SSSR count). The Hall–Kier alpha value is -1.66. The molecule has 3 aromatic heterocycles. The van der Waals surface area contributed by atoms with Crippen LogP contribution < -0.4 is 5.32 Å². The second-order valence-electron chi connectivity index (χ2n) is 4.27. The lowest BCUT2D eigenvalue weighted by atomic mass is 10.2. The van der Waals surface area contributed by atoms with Crippen molar-refractivity contribution in [1.82, 2.24) is 24.5 Å². The van der Waals surface area contributed by atoms with E-state index in [0.29, 0.717) is 0 Å². The van der Waals surface area contributed by atoms with Crippen molar-refractivity contribution in [1.29, 1.82) is 0 Å². The van der Waals surface area contributed by atoms with Gasteiger partial charge in [0.2, 0.25) is 0 Å². The fourth-order valence-corrected chi connectivity index (χ4v) is 2.63. The molecule has 0 radical (unpaired) electrons. The molecule has 5 nitrogen and oxygen atoms in total. The number of fused-ring (bicyclic) bond motifs is 1. The van der Waals surface area contributed by atoms with Gasteiger partial charge in [0.1, 0.15) is 0 Å². The molecule has 0 aliphatic heterocycles. The molecule has 3 heterocycles. The molecule has 0 bridgehead atoms. The van der Waals surface area contributed by atoms with Gasteiger partial charge in [-0.15, -0.1) is 11.3 Å². The molecule has 0 aliphatic carbocycles. The summed E-state index contributed by atoms with van der Waals surface area (Å²) >= 11 is 1.66. The molecule has 6 heteroatoms. The lowest BCUT2D eigenvalue weighted by Crippen LogP contribution is -2.16. The van der Waals surface area contributed by atoms with Crippen molar-refractivity contribution < 1.29 is 0 Å². The Bertz CT molecular complexity index is 607. The molecule has 0 amide bonds. The van der Waals surface area contributed by atoms with Gasteiger partial charge in [-0.25, -0.2) is 4.98 Å². The smallest absolute Gasteiger partial charge is 0.193 e. The maximum atomic E-state index is 4.52. The summed E-state index contributed by atoms with van der Waals surface area (Å²) < 4.78 is 3.89. The van der Waals surface area contributed by atoms with Crippen molar-refractivity contribution in [2.45, 2.75) is 13.0 Å². The summed E-state index contributed by atoms with van der Waals surface area (Å²) in [6, 6.07) is 0. The highest BCUT2D eigenvalue weighted by Crippen LogP contribution is 2.10. The zero-order valence-electron chi connectivity index (χ0n) is 10.2. The lowest BCUT2D eigenvalue weighted by Gasteiger charge is -2.00. The van der Waals surface area contributed by atoms with E-state index < -0.39 is 0 Å². The predicted octanol–water partition coefficient (Wildman–Crippen LogP) is 1.46. The van der Waals surface area contributed by atoms with Crippen LogP contribution in [-0.4, -0.2) is 25.7 Å². The Morgan fingerprint density at radius 2 is 2.33 bits per heavy atom. The van der Waals surface area contributed by atoms with Crippen LogP contribution in [0.4, 0.5) is 0 Å². The first-order valence-corrected chi connectivity index (χ1v) is 6.78. The number of aromatic nitrogens is 4. The Balaban J connectivity index is 1.48. The summed E-state index contributed by atoms with van der Waals surface area (Å²) in [6.45, 7) is 1.76. The van der Waals surface area contributed by atoms with Crippen LogP contribution in [0.3, 0.4) is 0 Å². The van der Waals surface area contributed by atoms with Crippen LogP contribution in [0.5, 0.6) is 0 Å². The summed E-state index contributed by atoms with van der Waals surface area (Å²) in [7, 11) is 1.94. The van der Waals surface area contributed by atoms with Gasteiger partial charge < -0.3 is 5.32 Å². The molecule has 18 heavy (non-hydrogen) atoms. The van der Waals surface area contributed by atoms with E-state index in [0.717, 1.165) is 30.2 Å². The molecular weight excluding hydrogens is 246 g/mol. The Morgan fingerprint density at radius 1 is 1.39 bits per heavy atom. The maximum Gasteiger partial charge on any atom is 0.193 e. The van der Waals surface area contributed by atoms with E-state index in [2.05, 4.69) is 26.0 Å². The van der Waals surface area contributed by atoms with Crippen molar-refractivity contribution in [3.05, 3.63) is 41.4 Å². The third kappa shape index (κ3) is 2.44. The second kappa shape index (κ2) is 4.91. The van der Waals surface area contributed by atoms with Crippen molar-refractivity contribution in [3.63, 3.8) is 0 Å². The van der Waals surface area contributed by atoms with Crippen LogP contribution in [0.2, 0.25) is 0 Å². The average Bonchev–Trinajstić information content (AvgIpc) is 3.00. The number of thiazole rings is 1. The van der Waals surface area contributed by atoms with Gasteiger partial charge in [-0.2, -0.15) is 5.10 Å². The zero-order chi connectivity index (χ0) is 12.4. The Labute approximate surface area is 109 Å². The summed E-state index contributed by atoms with van der Waals surface area (Å²) in [5.41, 5.74) is 2.35. The first kappa shape index (κ1) is 11.4. The zero-order valence-corrected chi connectivity index (χ0v) is 11.0. The van der Waals surface area contributed by atoms with E-state index in [9.17, 15) is 0 Å². The largest absolute Gasteiger partial charge is 0.311 e. The average molecular weight is 261 g/mol. The lowest BCUT2D eigenvalue weighted by molar-refractivity contribution is 0.677. The van der Waals surface area contributed by atoms with Gasteiger partial charge in [0.05, 0.1) is 11.9 Å². The maximum absolute atomic E-state index is 4.52. The van der Waals surface area contributed by atoms with E-state index in [1.54, 1.807) is 11.3 Å². The van der Waals surface area contributed by atoms with Gasteiger partial charge in [-0.05, 0) is 18.5 Å². The molecule has 0 spiro atoms. The van der Waals surface area contributed by atoms with Crippen LogP contribution in [0, 0.1) is 0 Å². The van der Waals surface area contributed by atoms with Crippen molar-refractivity contribution in [2.24, 2.45) is 7.05 Å². The summed E-state index contributed by atoms with van der Waals surface area (Å²) in [5.74, 6) is 0. The van der Waals surface area contributed by atoms with Crippen LogP contribution >= 0.6 is 11.3 Å². The highest BCUT2D eigenvalue weighted by molar-refractivity contribution is 7.15. The number of nitrogens with one attached hydrogen (secondary N) is 1. The predicted molar refractivity (Wildman–Crippen MR) is 71.7 cm³/mol. The molecule has 94 valence electrons. The van der Waals surface area contributed by atoms with Crippen LogP contribution in [0.25, 0.3) is 4.96 Å². The van der Waals surface area contributed by atoms with Gasteiger partial charge in [0.15, 0.2) is 4.96 Å². The fourth-order valence-electron chi connectivity index (χ4n) is 1.91. The molecule has 0 atom stereocenters. The number of hydrogen-bond donors (Lipinski definition) is 1. The summed E-state index contributed by atoms with van der Waals surface area (Å²) in [5, 5.41) is 9.60. The monoisotopic (exact) mass is 261 g/mol. The standard InChI is InChI=1S/C12H15N5S/c1-16-8-10(6-14-16)2-3-13-7-11-9-17-4-5-18-12(17)15-11/h4-6,8-9,13H,2-3,7H2,1H3. The molecule has 1 N–H and O–H groups in total. The molecule has 0 saturated heterocycles. The van der Waals surface area contributed by atoms with Crippen molar-refractivity contribution >= 4 is 16.3 Å². The number of aryl methyl sites for hydroxylation is 1. The SMILES string of the molecule is Cn1cc(CCNCc2cn3ccsc3n2)cn1. The topological polar surface area (TPSA) is 47.2 Å². The molecular formula is C12H15N5S. The minimum absolute atomic E-state index is 0.814. The summed E-state index contributed by atoms with van der Waals surface area (Å²) in [4.78, 5) is 5.58. The third-order valence-corrected chi connectivity index (χ3v) is 3.57. The molecule has 0 saturated carbocycles. The van der Waals surface area contributed by atoms with Crippen molar-refractivity contribution in [2.75, 3.05) is 6.54 Å². The van der Waals surface area contributed by atoms with Crippen LogP contribution in [0.15, 0.2) is 30.2 Å². The summed E-state index contributed by atoms with van der Waals surface area (Å²) in [6.07, 6.45) is 9.06. The normalized spacial score (nSPS) is 11.4. The van der Waals surface area contributed by atoms with Crippen LogP contribution in [-0.2, 0) is 20.0 Å². The van der Waals surface area contributed by atoms with E-state index in [-0.39, 0.29) is 0 Å². The Kier molecular flexibility index (Phi) is 3.12. The van der Waals surface area contributed by atoms with E-state index in [4.69, 9.17) is 0 Å². The second-order valence-corrected chi connectivity index (χ2v) is 5.15. The van der Waals surface area contributed by atoms with Gasteiger partial charge >= 0.3 is 0 Å². The quantitative estimate of drug-likeness (QED) is 0.707. The Morgan fingerprint density at radius 3 is 3.11 bits per heavy atom. The molecule has 0 aromatic carbocycles. The number of nitrogens with zero attached hydrogens (tertiary/aromatic N) is 4. The minimum atomic E-state index is 0.814. The third-order valence-electron chi connectivity index (χ3n) is 2.80. The first-order valence-electron chi connectivity index (χ1n) is 5.90. The van der Waals surface area contributed by atoms with Gasteiger partial charge in [-0.3, -0.25) is 9.08 Å². The minimum Gasteiger partial charge on any atom is -0.311 e. The molecule has 0 unspecified atom stereocenters.